The second kappa shape index (κ2) is 12.9. The van der Waals surface area contributed by atoms with E-state index in [0.717, 1.165) is 19.6 Å². The summed E-state index contributed by atoms with van der Waals surface area (Å²) in [6, 6.07) is -1.54. The van der Waals surface area contributed by atoms with Gasteiger partial charge in [-0.2, -0.15) is 11.8 Å². The first kappa shape index (κ1) is 30.8. The summed E-state index contributed by atoms with van der Waals surface area (Å²) in [5, 5.41) is 24.1. The number of ketones is 1. The molecule has 4 saturated heterocycles. The Balaban J connectivity index is 1.15. The third-order valence-electron chi connectivity index (χ3n) is 9.26. The van der Waals surface area contributed by atoms with Crippen molar-refractivity contribution >= 4 is 35.3 Å². The molecule has 2 amide bonds. The predicted octanol–water partition coefficient (Wildman–Crippen LogP) is -2.54. The number of hydrogen-bond acceptors (Lipinski definition) is 12. The number of tetrazole rings is 1. The number of amides is 2. The molecular formula is C26H42N10O5S. The molecule has 4 fully saturated rings. The van der Waals surface area contributed by atoms with Gasteiger partial charge in [0, 0.05) is 74.8 Å². The highest BCUT2D eigenvalue weighted by Gasteiger charge is 2.64. The Bertz CT molecular complexity index is 1150. The van der Waals surface area contributed by atoms with E-state index in [4.69, 9.17) is 11.5 Å². The van der Waals surface area contributed by atoms with Crippen LogP contribution < -0.4 is 16.8 Å². The molecule has 232 valence electrons. The third-order valence-corrected chi connectivity index (χ3v) is 11.0. The van der Waals surface area contributed by atoms with Crippen molar-refractivity contribution in [2.75, 3.05) is 45.8 Å². The minimum atomic E-state index is -1.01. The lowest BCUT2D eigenvalue weighted by Crippen LogP contribution is -2.64. The van der Waals surface area contributed by atoms with E-state index in [2.05, 4.69) is 25.7 Å². The summed E-state index contributed by atoms with van der Waals surface area (Å²) in [6.07, 6.45) is 2.17. The number of carboxylic acid groups (broad SMARTS) is 1. The predicted molar refractivity (Wildman–Crippen MR) is 153 cm³/mol. The van der Waals surface area contributed by atoms with Crippen molar-refractivity contribution in [2.45, 2.75) is 67.9 Å². The molecule has 42 heavy (non-hydrogen) atoms. The number of fused-ring (bicyclic) bond motifs is 1. The monoisotopic (exact) mass is 606 g/mol. The average Bonchev–Trinajstić information content (AvgIpc) is 3.69. The number of nitrogens with one attached hydrogen (secondary N) is 1. The first-order valence-electron chi connectivity index (χ1n) is 14.7. The molecule has 0 saturated carbocycles. The fourth-order valence-corrected chi connectivity index (χ4v) is 8.86. The molecule has 9 atom stereocenters. The number of hydrogen-bond donors (Lipinski definition) is 4. The Hall–Kier alpha value is -2.66. The molecule has 0 radical (unpaired) electrons. The van der Waals surface area contributed by atoms with Gasteiger partial charge in [-0.1, -0.05) is 13.8 Å². The number of rotatable bonds is 12. The van der Waals surface area contributed by atoms with Crippen molar-refractivity contribution in [1.82, 2.24) is 40.2 Å². The zero-order valence-corrected chi connectivity index (χ0v) is 24.9. The number of aliphatic carboxylic acids is 1. The van der Waals surface area contributed by atoms with Crippen LogP contribution >= 0.6 is 11.8 Å². The number of Topliss-reactive ketones (excluding diaryl/α,β-unsaturated/α-hetero) is 1. The van der Waals surface area contributed by atoms with Crippen molar-refractivity contribution < 1.29 is 24.3 Å². The SMILES string of the molecule is CC(CC(=O)Cn1cnnn1)[C@H]1C(=O)N2C(C(=O)O)C(SC3CNC(C(=O)N4CCN(C[C@H](N)CN)CC4)C3)[C@H](C)[C@H]12. The molecule has 4 aliphatic heterocycles. The molecule has 15 nitrogen and oxygen atoms in total. The van der Waals surface area contributed by atoms with Gasteiger partial charge in [0.2, 0.25) is 11.8 Å². The van der Waals surface area contributed by atoms with E-state index in [1.54, 1.807) is 11.8 Å². The van der Waals surface area contributed by atoms with Crippen LogP contribution in [0.4, 0.5) is 0 Å². The lowest BCUT2D eigenvalue weighted by molar-refractivity contribution is -0.168. The molecule has 1 aromatic rings. The zero-order valence-electron chi connectivity index (χ0n) is 24.1. The molecule has 0 bridgehead atoms. The molecule has 16 heteroatoms. The van der Waals surface area contributed by atoms with Gasteiger partial charge in [0.25, 0.3) is 0 Å². The Morgan fingerprint density at radius 1 is 1.24 bits per heavy atom. The van der Waals surface area contributed by atoms with Gasteiger partial charge < -0.3 is 31.7 Å². The summed E-state index contributed by atoms with van der Waals surface area (Å²) >= 11 is 1.58. The number of aromatic nitrogens is 4. The van der Waals surface area contributed by atoms with Crippen molar-refractivity contribution in [3.8, 4) is 0 Å². The summed E-state index contributed by atoms with van der Waals surface area (Å²) in [5.74, 6) is -1.92. The smallest absolute Gasteiger partial charge is 0.327 e. The van der Waals surface area contributed by atoms with Crippen molar-refractivity contribution in [3.05, 3.63) is 6.33 Å². The Labute approximate surface area is 249 Å². The second-order valence-corrected chi connectivity index (χ2v) is 13.7. The van der Waals surface area contributed by atoms with Crippen molar-refractivity contribution in [3.63, 3.8) is 0 Å². The van der Waals surface area contributed by atoms with Gasteiger partial charge >= 0.3 is 5.97 Å². The molecule has 5 heterocycles. The molecule has 5 rings (SSSR count). The van der Waals surface area contributed by atoms with Gasteiger partial charge in [-0.15, -0.1) is 5.10 Å². The second-order valence-electron chi connectivity index (χ2n) is 12.2. The van der Waals surface area contributed by atoms with E-state index in [1.165, 1.54) is 15.9 Å². The molecule has 1 aromatic heterocycles. The maximum Gasteiger partial charge on any atom is 0.327 e. The fourth-order valence-electron chi connectivity index (χ4n) is 7.12. The highest BCUT2D eigenvalue weighted by molar-refractivity contribution is 8.00. The first-order chi connectivity index (χ1) is 20.1. The zero-order chi connectivity index (χ0) is 30.1. The number of carbonyl (C=O) groups is 4. The molecule has 0 spiro atoms. The molecule has 5 unspecified atom stereocenters. The Morgan fingerprint density at radius 3 is 2.62 bits per heavy atom. The molecule has 0 aliphatic carbocycles. The van der Waals surface area contributed by atoms with E-state index in [1.807, 2.05) is 18.7 Å². The molecule has 4 aliphatic rings. The number of piperazine rings is 1. The third kappa shape index (κ3) is 6.18. The van der Waals surface area contributed by atoms with Crippen LogP contribution in [0.2, 0.25) is 0 Å². The fraction of sp³-hybridized carbons (Fsp3) is 0.808. The highest BCUT2D eigenvalue weighted by Crippen LogP contribution is 2.51. The van der Waals surface area contributed by atoms with Crippen LogP contribution in [0.5, 0.6) is 0 Å². The number of β-lactam (4-membered cyclic amide) rings is 1. The maximum absolute atomic E-state index is 13.3. The van der Waals surface area contributed by atoms with Crippen molar-refractivity contribution in [2.24, 2.45) is 29.2 Å². The lowest BCUT2D eigenvalue weighted by Gasteiger charge is -2.48. The first-order valence-corrected chi connectivity index (χ1v) is 15.7. The molecule has 0 aromatic carbocycles. The summed E-state index contributed by atoms with van der Waals surface area (Å²) in [7, 11) is 0. The minimum absolute atomic E-state index is 0.0329. The minimum Gasteiger partial charge on any atom is -0.480 e. The van der Waals surface area contributed by atoms with Crippen LogP contribution in [0.1, 0.15) is 26.7 Å². The summed E-state index contributed by atoms with van der Waals surface area (Å²) in [4.78, 5) is 57.2. The van der Waals surface area contributed by atoms with E-state index in [0.29, 0.717) is 32.6 Å². The van der Waals surface area contributed by atoms with E-state index in [9.17, 15) is 24.3 Å². The lowest BCUT2D eigenvalue weighted by atomic mass is 9.73. The number of carboxylic acids is 1. The van der Waals surface area contributed by atoms with Gasteiger partial charge in [-0.25, -0.2) is 9.48 Å². The van der Waals surface area contributed by atoms with Crippen LogP contribution in [0, 0.1) is 17.8 Å². The largest absolute Gasteiger partial charge is 0.480 e. The number of nitrogens with two attached hydrogens (primary N) is 2. The quantitative estimate of drug-likeness (QED) is 0.181. The normalized spacial score (nSPS) is 32.9. The van der Waals surface area contributed by atoms with Gasteiger partial charge in [0.15, 0.2) is 5.78 Å². The van der Waals surface area contributed by atoms with E-state index < -0.39 is 17.9 Å². The van der Waals surface area contributed by atoms with Gasteiger partial charge in [0.1, 0.15) is 18.9 Å². The molecular weight excluding hydrogens is 564 g/mol. The van der Waals surface area contributed by atoms with Crippen LogP contribution in [0.25, 0.3) is 0 Å². The number of thioether (sulfide) groups is 1. The molecule has 6 N–H and O–H groups in total. The number of nitrogens with zero attached hydrogens (tertiary/aromatic N) is 7. The maximum atomic E-state index is 13.3. The summed E-state index contributed by atoms with van der Waals surface area (Å²) in [6.45, 7) is 8.49. The number of carbonyl (C=O) groups excluding carboxylic acids is 3. The Morgan fingerprint density at radius 2 is 1.98 bits per heavy atom. The van der Waals surface area contributed by atoms with Gasteiger partial charge in [0.05, 0.1) is 12.0 Å². The van der Waals surface area contributed by atoms with Crippen LogP contribution in [-0.2, 0) is 25.7 Å². The van der Waals surface area contributed by atoms with Crippen LogP contribution in [0.15, 0.2) is 6.33 Å². The van der Waals surface area contributed by atoms with Gasteiger partial charge in [-0.3, -0.25) is 19.3 Å². The van der Waals surface area contributed by atoms with Crippen LogP contribution in [0.3, 0.4) is 0 Å². The van der Waals surface area contributed by atoms with Gasteiger partial charge in [-0.05, 0) is 28.7 Å². The van der Waals surface area contributed by atoms with Crippen LogP contribution in [-0.4, -0.2) is 144 Å². The van der Waals surface area contributed by atoms with E-state index >= 15 is 0 Å². The van der Waals surface area contributed by atoms with Crippen molar-refractivity contribution in [1.29, 1.82) is 0 Å². The summed E-state index contributed by atoms with van der Waals surface area (Å²) < 4.78 is 1.35. The summed E-state index contributed by atoms with van der Waals surface area (Å²) in [5.41, 5.74) is 11.6. The standard InChI is InChI=1S/C26H42N10O5S/c1-14(7-17(37)12-35-13-30-31-32-35)20-21-15(2)23(22(26(40)41)36(21)25(20)39)42-18-8-19(29-10-18)24(38)34-5-3-33(4-6-34)11-16(28)9-27/h13-16,18-23,29H,3-12,27-28H2,1-2H3,(H,40,41)/t14?,15-,16-,18?,19?,20-,21-,22?,23?/m1/s1. The highest BCUT2D eigenvalue weighted by atomic mass is 32.2. The Kier molecular flexibility index (Phi) is 9.47. The van der Waals surface area contributed by atoms with E-state index in [-0.39, 0.29) is 71.0 Å². The average molecular weight is 607 g/mol. The topological polar surface area (TPSA) is 206 Å².